The van der Waals surface area contributed by atoms with Gasteiger partial charge in [0.2, 0.25) is 0 Å². The number of nitrogens with one attached hydrogen (secondary N) is 1. The lowest BCUT2D eigenvalue weighted by Crippen LogP contribution is -2.25. The maximum atomic E-state index is 12.4. The summed E-state index contributed by atoms with van der Waals surface area (Å²) >= 11 is 6.17. The molecule has 0 spiro atoms. The molecule has 0 fully saturated rings. The van der Waals surface area contributed by atoms with E-state index in [9.17, 15) is 9.59 Å². The highest BCUT2D eigenvalue weighted by molar-refractivity contribution is 6.32. The highest BCUT2D eigenvalue weighted by Gasteiger charge is 2.14. The first-order valence-corrected chi connectivity index (χ1v) is 8.12. The zero-order chi connectivity index (χ0) is 18.7. The van der Waals surface area contributed by atoms with Crippen LogP contribution in [0.1, 0.15) is 21.9 Å². The van der Waals surface area contributed by atoms with Crippen molar-refractivity contribution in [3.8, 4) is 0 Å². The third-order valence-electron chi connectivity index (χ3n) is 3.90. The molecule has 2 heterocycles. The first-order valence-electron chi connectivity index (χ1n) is 7.74. The molecule has 0 radical (unpaired) electrons. The third-order valence-corrected chi connectivity index (χ3v) is 4.27. The Labute approximate surface area is 153 Å². The van der Waals surface area contributed by atoms with Gasteiger partial charge in [-0.2, -0.15) is 5.10 Å². The van der Waals surface area contributed by atoms with Crippen LogP contribution < -0.4 is 10.9 Å². The SMILES string of the molecule is Cn1c(C(=O)O)cnc1CNc1cnn(Cc2ccccc2)c(=O)c1Cl. The lowest BCUT2D eigenvalue weighted by molar-refractivity contribution is 0.0686. The minimum Gasteiger partial charge on any atom is -0.477 e. The topological polar surface area (TPSA) is 102 Å². The minimum atomic E-state index is -1.06. The molecule has 0 bridgehead atoms. The summed E-state index contributed by atoms with van der Waals surface area (Å²) in [5.41, 5.74) is 0.963. The Morgan fingerprint density at radius 3 is 2.65 bits per heavy atom. The summed E-state index contributed by atoms with van der Waals surface area (Å²) in [6, 6.07) is 9.46. The van der Waals surface area contributed by atoms with Crippen molar-refractivity contribution in [2.45, 2.75) is 13.1 Å². The van der Waals surface area contributed by atoms with Crippen molar-refractivity contribution in [3.05, 3.63) is 75.2 Å². The van der Waals surface area contributed by atoms with Crippen LogP contribution in [-0.2, 0) is 20.1 Å². The molecule has 0 saturated heterocycles. The zero-order valence-corrected chi connectivity index (χ0v) is 14.6. The Bertz CT molecular complexity index is 997. The van der Waals surface area contributed by atoms with Gasteiger partial charge in [-0.25, -0.2) is 14.5 Å². The van der Waals surface area contributed by atoms with Gasteiger partial charge in [-0.3, -0.25) is 4.79 Å². The van der Waals surface area contributed by atoms with Crippen LogP contribution in [0.15, 0.2) is 47.5 Å². The first kappa shape index (κ1) is 17.7. The second kappa shape index (κ2) is 7.40. The Balaban J connectivity index is 1.76. The van der Waals surface area contributed by atoms with E-state index in [0.717, 1.165) is 5.56 Å². The van der Waals surface area contributed by atoms with E-state index in [4.69, 9.17) is 16.7 Å². The third kappa shape index (κ3) is 3.60. The predicted octanol–water partition coefficient (Wildman–Crippen LogP) is 1.99. The fraction of sp³-hybridized carbons (Fsp3) is 0.176. The summed E-state index contributed by atoms with van der Waals surface area (Å²) in [5, 5.41) is 16.2. The fourth-order valence-corrected chi connectivity index (χ4v) is 2.66. The Morgan fingerprint density at radius 1 is 1.27 bits per heavy atom. The van der Waals surface area contributed by atoms with E-state index in [-0.39, 0.29) is 17.3 Å². The molecule has 26 heavy (non-hydrogen) atoms. The molecule has 0 aliphatic carbocycles. The van der Waals surface area contributed by atoms with Crippen LogP contribution in [0.4, 0.5) is 5.69 Å². The Morgan fingerprint density at radius 2 is 2.00 bits per heavy atom. The molecule has 134 valence electrons. The lowest BCUT2D eigenvalue weighted by atomic mass is 10.2. The highest BCUT2D eigenvalue weighted by atomic mass is 35.5. The number of imidazole rings is 1. The number of aromatic carboxylic acids is 1. The summed E-state index contributed by atoms with van der Waals surface area (Å²) in [5.74, 6) is -0.568. The van der Waals surface area contributed by atoms with Crippen molar-refractivity contribution in [1.82, 2.24) is 19.3 Å². The van der Waals surface area contributed by atoms with Crippen molar-refractivity contribution >= 4 is 23.3 Å². The molecular weight excluding hydrogens is 358 g/mol. The highest BCUT2D eigenvalue weighted by Crippen LogP contribution is 2.17. The summed E-state index contributed by atoms with van der Waals surface area (Å²) in [4.78, 5) is 27.5. The number of benzene rings is 1. The molecule has 3 rings (SSSR count). The Hall–Kier alpha value is -3.13. The number of anilines is 1. The van der Waals surface area contributed by atoms with Crippen LogP contribution in [-0.4, -0.2) is 30.4 Å². The number of hydrogen-bond acceptors (Lipinski definition) is 5. The van der Waals surface area contributed by atoms with Gasteiger partial charge in [-0.05, 0) is 5.56 Å². The molecule has 0 amide bonds. The molecule has 9 heteroatoms. The molecule has 8 nitrogen and oxygen atoms in total. The normalized spacial score (nSPS) is 10.7. The van der Waals surface area contributed by atoms with E-state index < -0.39 is 11.5 Å². The van der Waals surface area contributed by atoms with Crippen LogP contribution in [0.25, 0.3) is 0 Å². The Kier molecular flexibility index (Phi) is 5.04. The van der Waals surface area contributed by atoms with E-state index in [1.54, 1.807) is 7.05 Å². The second-order valence-electron chi connectivity index (χ2n) is 5.60. The van der Waals surface area contributed by atoms with Crippen LogP contribution in [0.2, 0.25) is 5.02 Å². The zero-order valence-electron chi connectivity index (χ0n) is 13.9. The molecule has 0 aliphatic heterocycles. The minimum absolute atomic E-state index is 0.0172. The smallest absolute Gasteiger partial charge is 0.354 e. The van der Waals surface area contributed by atoms with Gasteiger partial charge >= 0.3 is 5.97 Å². The van der Waals surface area contributed by atoms with Gasteiger partial charge in [0.05, 0.1) is 31.2 Å². The van der Waals surface area contributed by atoms with Gasteiger partial charge in [0, 0.05) is 7.05 Å². The quantitative estimate of drug-likeness (QED) is 0.685. The number of carboxylic acid groups (broad SMARTS) is 1. The molecule has 2 N–H and O–H groups in total. The van der Waals surface area contributed by atoms with Gasteiger partial charge in [-0.1, -0.05) is 41.9 Å². The molecular formula is C17H16ClN5O3. The molecule has 2 aromatic heterocycles. The van der Waals surface area contributed by atoms with E-state index in [1.165, 1.54) is 21.6 Å². The number of halogens is 1. The van der Waals surface area contributed by atoms with Gasteiger partial charge < -0.3 is 15.0 Å². The van der Waals surface area contributed by atoms with Crippen molar-refractivity contribution < 1.29 is 9.90 Å². The van der Waals surface area contributed by atoms with Crippen molar-refractivity contribution in [1.29, 1.82) is 0 Å². The van der Waals surface area contributed by atoms with Crippen molar-refractivity contribution in [3.63, 3.8) is 0 Å². The molecule has 3 aromatic rings. The standard InChI is InChI=1S/C17H16ClN5O3/c1-22-13(17(25)26)8-20-14(22)9-19-12-7-21-23(16(24)15(12)18)10-11-5-3-2-4-6-11/h2-8,19H,9-10H2,1H3,(H,25,26). The second-order valence-corrected chi connectivity index (χ2v) is 5.98. The maximum Gasteiger partial charge on any atom is 0.354 e. The molecule has 1 aromatic carbocycles. The number of aromatic nitrogens is 4. The van der Waals surface area contributed by atoms with Crippen LogP contribution in [0, 0.1) is 0 Å². The van der Waals surface area contributed by atoms with E-state index in [1.807, 2.05) is 30.3 Å². The van der Waals surface area contributed by atoms with Crippen LogP contribution in [0.5, 0.6) is 0 Å². The van der Waals surface area contributed by atoms with Gasteiger partial charge in [0.15, 0.2) is 0 Å². The summed E-state index contributed by atoms with van der Waals surface area (Å²) in [7, 11) is 1.60. The van der Waals surface area contributed by atoms with Crippen LogP contribution in [0.3, 0.4) is 0 Å². The van der Waals surface area contributed by atoms with Crippen molar-refractivity contribution in [2.24, 2.45) is 7.05 Å². The van der Waals surface area contributed by atoms with Gasteiger partial charge in [0.1, 0.15) is 16.5 Å². The molecule has 0 saturated carbocycles. The monoisotopic (exact) mass is 373 g/mol. The van der Waals surface area contributed by atoms with E-state index >= 15 is 0 Å². The summed E-state index contributed by atoms with van der Waals surface area (Å²) in [6.07, 6.45) is 2.74. The molecule has 0 unspecified atom stereocenters. The summed E-state index contributed by atoms with van der Waals surface area (Å²) < 4.78 is 2.74. The predicted molar refractivity (Wildman–Crippen MR) is 96.5 cm³/mol. The molecule has 0 aliphatic rings. The average Bonchev–Trinajstić information content (AvgIpc) is 3.00. The number of carbonyl (C=O) groups is 1. The van der Waals surface area contributed by atoms with Crippen molar-refractivity contribution in [2.75, 3.05) is 5.32 Å². The largest absolute Gasteiger partial charge is 0.477 e. The van der Waals surface area contributed by atoms with E-state index in [0.29, 0.717) is 18.1 Å². The summed E-state index contributed by atoms with van der Waals surface area (Å²) in [6.45, 7) is 0.522. The van der Waals surface area contributed by atoms with Crippen LogP contribution >= 0.6 is 11.6 Å². The number of nitrogens with zero attached hydrogens (tertiary/aromatic N) is 4. The van der Waals surface area contributed by atoms with Gasteiger partial charge in [0.25, 0.3) is 5.56 Å². The fourth-order valence-electron chi connectivity index (χ4n) is 2.44. The lowest BCUT2D eigenvalue weighted by Gasteiger charge is -2.10. The van der Waals surface area contributed by atoms with Gasteiger partial charge in [-0.15, -0.1) is 0 Å². The first-order chi connectivity index (χ1) is 12.5. The van der Waals surface area contributed by atoms with E-state index in [2.05, 4.69) is 15.4 Å². The number of carboxylic acids is 1. The number of hydrogen-bond donors (Lipinski definition) is 2. The maximum absolute atomic E-state index is 12.4. The number of rotatable bonds is 6. The average molecular weight is 374 g/mol. The molecule has 0 atom stereocenters.